The lowest BCUT2D eigenvalue weighted by Crippen LogP contribution is -1.99. The second-order valence-electron chi connectivity index (χ2n) is 2.25. The molecule has 7 heteroatoms. The van der Waals surface area contributed by atoms with Gasteiger partial charge in [-0.3, -0.25) is 10.1 Å². The van der Waals surface area contributed by atoms with Gasteiger partial charge in [0.1, 0.15) is 5.02 Å². The molecule has 0 aliphatic carbocycles. The summed E-state index contributed by atoms with van der Waals surface area (Å²) in [6.45, 7) is 0. The Morgan fingerprint density at radius 1 is 1.50 bits per heavy atom. The number of rotatable bonds is 3. The molecule has 0 bridgehead atoms. The number of aromatic nitrogens is 1. The van der Waals surface area contributed by atoms with Crippen molar-refractivity contribution in [1.29, 1.82) is 0 Å². The topological polar surface area (TPSA) is 74.5 Å². The Morgan fingerprint density at radius 2 is 2.14 bits per heavy atom. The summed E-state index contributed by atoms with van der Waals surface area (Å²) in [6, 6.07) is 0. The lowest BCUT2D eigenvalue weighted by atomic mass is 10.3. The molecule has 0 radical (unpaired) electrons. The number of halogens is 1. The van der Waals surface area contributed by atoms with Crippen LogP contribution in [0, 0.1) is 10.1 Å². The lowest BCUT2D eigenvalue weighted by Gasteiger charge is -2.06. The Balaban J connectivity index is 3.42. The number of hydrogen-bond donors (Lipinski definition) is 0. The van der Waals surface area contributed by atoms with Gasteiger partial charge >= 0.3 is 5.69 Å². The van der Waals surface area contributed by atoms with Crippen molar-refractivity contribution in [3.8, 4) is 11.6 Å². The van der Waals surface area contributed by atoms with Crippen molar-refractivity contribution in [2.45, 2.75) is 0 Å². The zero-order valence-corrected chi connectivity index (χ0v) is 8.24. The van der Waals surface area contributed by atoms with E-state index in [2.05, 4.69) is 4.98 Å². The van der Waals surface area contributed by atoms with Gasteiger partial charge in [-0.2, -0.15) is 0 Å². The molecule has 1 rings (SSSR count). The van der Waals surface area contributed by atoms with Crippen LogP contribution in [0.2, 0.25) is 5.02 Å². The minimum absolute atomic E-state index is 0.0311. The van der Waals surface area contributed by atoms with Gasteiger partial charge in [-0.25, -0.2) is 4.98 Å². The van der Waals surface area contributed by atoms with E-state index in [0.717, 1.165) is 6.20 Å². The molecule has 0 aliphatic heterocycles. The van der Waals surface area contributed by atoms with Crippen LogP contribution < -0.4 is 9.47 Å². The van der Waals surface area contributed by atoms with E-state index in [0.29, 0.717) is 0 Å². The van der Waals surface area contributed by atoms with E-state index in [1.807, 2.05) is 0 Å². The van der Waals surface area contributed by atoms with Crippen molar-refractivity contribution in [1.82, 2.24) is 4.98 Å². The normalized spacial score (nSPS) is 9.64. The number of pyridine rings is 1. The van der Waals surface area contributed by atoms with Gasteiger partial charge in [-0.05, 0) is 0 Å². The smallest absolute Gasteiger partial charge is 0.336 e. The SMILES string of the molecule is COc1ncc(Cl)c([N+](=O)[O-])c1OC. The fraction of sp³-hybridized carbons (Fsp3) is 0.286. The molecule has 0 aromatic carbocycles. The zero-order valence-electron chi connectivity index (χ0n) is 7.48. The van der Waals surface area contributed by atoms with E-state index in [9.17, 15) is 10.1 Å². The highest BCUT2D eigenvalue weighted by Gasteiger charge is 2.25. The molecule has 76 valence electrons. The summed E-state index contributed by atoms with van der Waals surface area (Å²) in [5, 5.41) is 10.5. The molecule has 0 amide bonds. The predicted molar refractivity (Wildman–Crippen MR) is 49.0 cm³/mol. The lowest BCUT2D eigenvalue weighted by molar-refractivity contribution is -0.385. The summed E-state index contributed by atoms with van der Waals surface area (Å²) in [7, 11) is 2.62. The fourth-order valence-electron chi connectivity index (χ4n) is 0.944. The molecule has 1 heterocycles. The first kappa shape index (κ1) is 10.5. The minimum Gasteiger partial charge on any atom is -0.486 e. The first-order valence-electron chi connectivity index (χ1n) is 3.52. The number of nitro groups is 1. The molecule has 14 heavy (non-hydrogen) atoms. The molecule has 0 fully saturated rings. The Morgan fingerprint density at radius 3 is 2.57 bits per heavy atom. The van der Waals surface area contributed by atoms with Crippen molar-refractivity contribution >= 4 is 17.3 Å². The zero-order chi connectivity index (χ0) is 10.7. The molecular formula is C7H7ClN2O4. The molecule has 0 aliphatic rings. The van der Waals surface area contributed by atoms with Crippen molar-refractivity contribution in [3.63, 3.8) is 0 Å². The van der Waals surface area contributed by atoms with Crippen molar-refractivity contribution in [2.24, 2.45) is 0 Å². The number of hydrogen-bond acceptors (Lipinski definition) is 5. The summed E-state index contributed by atoms with van der Waals surface area (Å²) in [5.74, 6) is -0.0476. The average Bonchev–Trinajstić information content (AvgIpc) is 2.16. The first-order valence-corrected chi connectivity index (χ1v) is 3.90. The van der Waals surface area contributed by atoms with Crippen LogP contribution in [0.25, 0.3) is 0 Å². The van der Waals surface area contributed by atoms with Gasteiger partial charge in [0.2, 0.25) is 0 Å². The second kappa shape index (κ2) is 4.10. The van der Waals surface area contributed by atoms with Crippen LogP contribution in [-0.2, 0) is 0 Å². The number of ether oxygens (including phenoxy) is 2. The van der Waals surface area contributed by atoms with Crippen LogP contribution >= 0.6 is 11.6 Å². The fourth-order valence-corrected chi connectivity index (χ4v) is 1.15. The molecule has 0 saturated heterocycles. The second-order valence-corrected chi connectivity index (χ2v) is 2.66. The molecule has 1 aromatic heterocycles. The van der Waals surface area contributed by atoms with E-state index in [-0.39, 0.29) is 22.3 Å². The van der Waals surface area contributed by atoms with Gasteiger partial charge in [0, 0.05) is 0 Å². The minimum atomic E-state index is -0.647. The van der Waals surface area contributed by atoms with Crippen molar-refractivity contribution in [2.75, 3.05) is 14.2 Å². The maximum absolute atomic E-state index is 10.6. The summed E-state index contributed by atoms with van der Waals surface area (Å²) in [4.78, 5) is 13.7. The van der Waals surface area contributed by atoms with Crippen molar-refractivity contribution < 1.29 is 14.4 Å². The molecule has 0 unspecified atom stereocenters. The third-order valence-electron chi connectivity index (χ3n) is 1.51. The first-order chi connectivity index (χ1) is 6.61. The van der Waals surface area contributed by atoms with E-state index < -0.39 is 4.92 Å². The summed E-state index contributed by atoms with van der Waals surface area (Å²) in [5.41, 5.74) is -0.346. The highest BCUT2D eigenvalue weighted by molar-refractivity contribution is 6.32. The Hall–Kier alpha value is -1.56. The molecule has 0 N–H and O–H groups in total. The molecule has 6 nitrogen and oxygen atoms in total. The van der Waals surface area contributed by atoms with Crippen LogP contribution in [0.4, 0.5) is 5.69 Å². The quantitative estimate of drug-likeness (QED) is 0.570. The third kappa shape index (κ3) is 1.69. The molecule has 0 saturated carbocycles. The molecule has 0 spiro atoms. The Bertz CT molecular complexity index is 369. The standard InChI is InChI=1S/C7H7ClN2O4/c1-13-6-5(10(11)12)4(8)3-9-7(6)14-2/h3H,1-2H3. The maximum atomic E-state index is 10.6. The highest BCUT2D eigenvalue weighted by atomic mass is 35.5. The number of nitrogens with zero attached hydrogens (tertiary/aromatic N) is 2. The number of methoxy groups -OCH3 is 2. The Kier molecular flexibility index (Phi) is 3.08. The van der Waals surface area contributed by atoms with Gasteiger partial charge in [-0.15, -0.1) is 0 Å². The predicted octanol–water partition coefficient (Wildman–Crippen LogP) is 1.66. The average molecular weight is 219 g/mol. The highest BCUT2D eigenvalue weighted by Crippen LogP contribution is 2.39. The summed E-state index contributed by atoms with van der Waals surface area (Å²) in [6.07, 6.45) is 1.14. The van der Waals surface area contributed by atoms with E-state index >= 15 is 0 Å². The van der Waals surface area contributed by atoms with Crippen LogP contribution in [0.3, 0.4) is 0 Å². The van der Waals surface area contributed by atoms with Gasteiger partial charge in [0.05, 0.1) is 25.3 Å². The molecule has 1 aromatic rings. The molecular weight excluding hydrogens is 212 g/mol. The van der Waals surface area contributed by atoms with Crippen LogP contribution in [0.1, 0.15) is 0 Å². The van der Waals surface area contributed by atoms with Crippen LogP contribution in [0.15, 0.2) is 6.20 Å². The summed E-state index contributed by atoms with van der Waals surface area (Å²) < 4.78 is 9.58. The maximum Gasteiger partial charge on any atom is 0.336 e. The van der Waals surface area contributed by atoms with Gasteiger partial charge < -0.3 is 9.47 Å². The summed E-state index contributed by atoms with van der Waals surface area (Å²) >= 11 is 5.59. The van der Waals surface area contributed by atoms with E-state index in [4.69, 9.17) is 21.1 Å². The van der Waals surface area contributed by atoms with Crippen LogP contribution in [-0.4, -0.2) is 24.1 Å². The van der Waals surface area contributed by atoms with Crippen LogP contribution in [0.5, 0.6) is 11.6 Å². The Labute approximate surface area is 84.6 Å². The van der Waals surface area contributed by atoms with Gasteiger partial charge in [0.25, 0.3) is 11.6 Å². The van der Waals surface area contributed by atoms with E-state index in [1.54, 1.807) is 0 Å². The van der Waals surface area contributed by atoms with Gasteiger partial charge in [-0.1, -0.05) is 11.6 Å². The third-order valence-corrected chi connectivity index (χ3v) is 1.79. The monoisotopic (exact) mass is 218 g/mol. The molecule has 0 atom stereocenters. The van der Waals surface area contributed by atoms with Gasteiger partial charge in [0.15, 0.2) is 0 Å². The van der Waals surface area contributed by atoms with Crippen molar-refractivity contribution in [3.05, 3.63) is 21.3 Å². The van der Waals surface area contributed by atoms with E-state index in [1.165, 1.54) is 14.2 Å². The largest absolute Gasteiger partial charge is 0.486 e.